The number of ether oxygens (including phenoxy) is 3. The number of hydrogen-bond donors (Lipinski definition) is 0. The van der Waals surface area contributed by atoms with Gasteiger partial charge in [0, 0.05) is 0 Å². The summed E-state index contributed by atoms with van der Waals surface area (Å²) in [6.07, 6.45) is -7.19. The predicted molar refractivity (Wildman–Crippen MR) is 159 cm³/mol. The molecule has 12 nitrogen and oxygen atoms in total. The molecular formula is C30H34O12S3. The fourth-order valence-electron chi connectivity index (χ4n) is 4.85. The maximum atomic E-state index is 13.4. The summed E-state index contributed by atoms with van der Waals surface area (Å²) >= 11 is 0. The molecule has 3 aromatic rings. The Morgan fingerprint density at radius 3 is 1.60 bits per heavy atom. The highest BCUT2D eigenvalue weighted by atomic mass is 32.2. The molecule has 0 aromatic heterocycles. The van der Waals surface area contributed by atoms with Gasteiger partial charge < -0.3 is 14.2 Å². The molecule has 3 aromatic carbocycles. The maximum Gasteiger partial charge on any atom is 0.297 e. The van der Waals surface area contributed by atoms with Crippen molar-refractivity contribution in [2.24, 2.45) is 0 Å². The van der Waals surface area contributed by atoms with Crippen molar-refractivity contribution in [3.63, 3.8) is 0 Å². The molecule has 0 radical (unpaired) electrons. The monoisotopic (exact) mass is 682 g/mol. The Kier molecular flexibility index (Phi) is 9.32. The van der Waals surface area contributed by atoms with Crippen molar-refractivity contribution in [2.75, 3.05) is 6.61 Å². The van der Waals surface area contributed by atoms with Crippen molar-refractivity contribution < 1.29 is 52.0 Å². The summed E-state index contributed by atoms with van der Waals surface area (Å²) in [5, 5.41) is 0. The van der Waals surface area contributed by atoms with Crippen LogP contribution in [0.3, 0.4) is 0 Å². The number of rotatable bonds is 11. The Balaban J connectivity index is 1.51. The molecule has 2 fully saturated rings. The quantitative estimate of drug-likeness (QED) is 0.270. The van der Waals surface area contributed by atoms with E-state index in [1.54, 1.807) is 71.0 Å². The van der Waals surface area contributed by atoms with Crippen LogP contribution in [0, 0.1) is 20.8 Å². The lowest BCUT2D eigenvalue weighted by atomic mass is 10.1. The third-order valence-electron chi connectivity index (χ3n) is 7.20. The highest BCUT2D eigenvalue weighted by Crippen LogP contribution is 2.42. The van der Waals surface area contributed by atoms with Crippen LogP contribution < -0.4 is 0 Å². The van der Waals surface area contributed by atoms with Crippen LogP contribution in [-0.2, 0) is 57.1 Å². The minimum absolute atomic E-state index is 0.170. The highest BCUT2D eigenvalue weighted by Gasteiger charge is 2.59. The van der Waals surface area contributed by atoms with Crippen LogP contribution in [0.2, 0.25) is 0 Å². The molecule has 244 valence electrons. The first-order chi connectivity index (χ1) is 21.0. The first kappa shape index (κ1) is 33.6. The molecule has 0 amide bonds. The van der Waals surface area contributed by atoms with Gasteiger partial charge >= 0.3 is 0 Å². The Morgan fingerprint density at radius 1 is 0.667 bits per heavy atom. The van der Waals surface area contributed by atoms with E-state index in [0.29, 0.717) is 0 Å². The number of fused-ring (bicyclic) bond motifs is 1. The van der Waals surface area contributed by atoms with Crippen molar-refractivity contribution in [3.05, 3.63) is 89.5 Å². The van der Waals surface area contributed by atoms with Crippen LogP contribution >= 0.6 is 0 Å². The van der Waals surface area contributed by atoms with Gasteiger partial charge in [-0.2, -0.15) is 25.3 Å². The molecule has 2 aliphatic rings. The molecule has 0 spiro atoms. The van der Waals surface area contributed by atoms with Crippen molar-refractivity contribution in [1.82, 2.24) is 0 Å². The fourth-order valence-corrected chi connectivity index (χ4v) is 7.93. The van der Waals surface area contributed by atoms with Crippen LogP contribution in [0.4, 0.5) is 0 Å². The summed E-state index contributed by atoms with van der Waals surface area (Å²) in [5.74, 6) is -1.20. The SMILES string of the molecule is Cc1ccc(S(=O)(=O)OC[C@H](OS(=O)(=O)c2ccc(C)cc2)[C@@H]2O[C@@H]3OC(C)(C)O[C@@H]3[C@H]2OS(=O)(=O)c2ccc(C)cc2)cc1. The Hall–Kier alpha value is -2.73. The van der Waals surface area contributed by atoms with Crippen LogP contribution in [0.15, 0.2) is 87.5 Å². The molecule has 2 heterocycles. The second-order valence-electron chi connectivity index (χ2n) is 11.4. The molecule has 0 saturated carbocycles. The van der Waals surface area contributed by atoms with Crippen LogP contribution in [0.25, 0.3) is 0 Å². The zero-order valence-corrected chi connectivity index (χ0v) is 27.6. The van der Waals surface area contributed by atoms with E-state index in [1.165, 1.54) is 36.4 Å². The van der Waals surface area contributed by atoms with Gasteiger partial charge in [-0.1, -0.05) is 53.1 Å². The second-order valence-corrected chi connectivity index (χ2v) is 16.1. The highest BCUT2D eigenvalue weighted by molar-refractivity contribution is 7.87. The third-order valence-corrected chi connectivity index (χ3v) is 11.2. The zero-order valence-electron chi connectivity index (χ0n) is 25.1. The lowest BCUT2D eigenvalue weighted by Crippen LogP contribution is -2.47. The Bertz CT molecular complexity index is 1840. The van der Waals surface area contributed by atoms with Gasteiger partial charge in [-0.15, -0.1) is 0 Å². The average Bonchev–Trinajstić information content (AvgIpc) is 3.43. The molecular weight excluding hydrogens is 649 g/mol. The molecule has 0 unspecified atom stereocenters. The molecule has 15 heteroatoms. The molecule has 5 rings (SSSR count). The van der Waals surface area contributed by atoms with Crippen molar-refractivity contribution in [1.29, 1.82) is 0 Å². The lowest BCUT2D eigenvalue weighted by Gasteiger charge is -2.30. The standard InChI is InChI=1S/C30H34O12S3/c1-19-6-12-22(13-7-19)43(31,32)37-18-25(41-44(33,34)23-14-8-20(2)9-15-23)26-27(28-29(38-26)40-30(4,5)39-28)42-45(35,36)24-16-10-21(3)11-17-24/h6-17,25-29H,18H2,1-5H3/t25-,26-,27-,28+,29+/m0/s1. The lowest BCUT2D eigenvalue weighted by molar-refractivity contribution is -0.223. The third kappa shape index (κ3) is 7.64. The number of aryl methyl sites for hydroxylation is 3. The molecule has 0 N–H and O–H groups in total. The summed E-state index contributed by atoms with van der Waals surface area (Å²) in [6, 6.07) is 17.5. The van der Waals surface area contributed by atoms with E-state index in [4.69, 9.17) is 26.8 Å². The van der Waals surface area contributed by atoms with E-state index in [-0.39, 0.29) is 14.7 Å². The smallest absolute Gasteiger partial charge is 0.297 e. The molecule has 0 aliphatic carbocycles. The van der Waals surface area contributed by atoms with Crippen molar-refractivity contribution in [3.8, 4) is 0 Å². The van der Waals surface area contributed by atoms with Gasteiger partial charge in [-0.05, 0) is 71.0 Å². The van der Waals surface area contributed by atoms with E-state index in [2.05, 4.69) is 0 Å². The topological polar surface area (TPSA) is 158 Å². The van der Waals surface area contributed by atoms with Crippen LogP contribution in [-0.4, -0.2) is 68.4 Å². The molecule has 5 atom stereocenters. The number of benzene rings is 3. The van der Waals surface area contributed by atoms with E-state index in [9.17, 15) is 25.3 Å². The largest absolute Gasteiger partial charge is 0.341 e. The summed E-state index contributed by atoms with van der Waals surface area (Å²) in [4.78, 5) is -0.576. The molecule has 0 bridgehead atoms. The van der Waals surface area contributed by atoms with E-state index in [1.807, 2.05) is 0 Å². The Morgan fingerprint density at radius 2 is 1.11 bits per heavy atom. The minimum Gasteiger partial charge on any atom is -0.341 e. The molecule has 45 heavy (non-hydrogen) atoms. The van der Waals surface area contributed by atoms with E-state index < -0.39 is 73.5 Å². The Labute approximate surface area is 263 Å². The molecule has 2 saturated heterocycles. The van der Waals surface area contributed by atoms with Crippen molar-refractivity contribution >= 4 is 30.4 Å². The van der Waals surface area contributed by atoms with E-state index in [0.717, 1.165) is 16.7 Å². The molecule has 2 aliphatic heterocycles. The van der Waals surface area contributed by atoms with E-state index >= 15 is 0 Å². The second kappa shape index (κ2) is 12.5. The van der Waals surface area contributed by atoms with Crippen LogP contribution in [0.5, 0.6) is 0 Å². The maximum absolute atomic E-state index is 13.4. The first-order valence-electron chi connectivity index (χ1n) is 13.9. The van der Waals surface area contributed by atoms with Gasteiger partial charge in [0.1, 0.15) is 24.4 Å². The van der Waals surface area contributed by atoms with Gasteiger partial charge in [-0.25, -0.2) is 0 Å². The first-order valence-corrected chi connectivity index (χ1v) is 18.2. The summed E-state index contributed by atoms with van der Waals surface area (Å²) in [5.41, 5.74) is 2.41. The summed E-state index contributed by atoms with van der Waals surface area (Å²) < 4.78 is 114. The van der Waals surface area contributed by atoms with Gasteiger partial charge in [0.05, 0.1) is 21.3 Å². The predicted octanol–water partition coefficient (Wildman–Crippen LogP) is 3.74. The number of hydrogen-bond acceptors (Lipinski definition) is 12. The zero-order chi connectivity index (χ0) is 32.8. The fraction of sp³-hybridized carbons (Fsp3) is 0.400. The van der Waals surface area contributed by atoms with Crippen LogP contribution in [0.1, 0.15) is 30.5 Å². The van der Waals surface area contributed by atoms with Gasteiger partial charge in [0.2, 0.25) is 0 Å². The van der Waals surface area contributed by atoms with Gasteiger partial charge in [-0.3, -0.25) is 12.5 Å². The normalized spacial score (nSPS) is 23.9. The van der Waals surface area contributed by atoms with Gasteiger partial charge in [0.25, 0.3) is 30.4 Å². The van der Waals surface area contributed by atoms with Crippen molar-refractivity contribution in [2.45, 2.75) is 85.8 Å². The summed E-state index contributed by atoms with van der Waals surface area (Å²) in [6.45, 7) is 7.62. The minimum atomic E-state index is -4.56. The summed E-state index contributed by atoms with van der Waals surface area (Å²) in [7, 11) is -13.5. The average molecular weight is 683 g/mol. The van der Waals surface area contributed by atoms with Gasteiger partial charge in [0.15, 0.2) is 12.1 Å².